The molecule has 2 aliphatic rings. The number of hydrogen-bond acceptors (Lipinski definition) is 3. The molecule has 2 aliphatic heterocycles. The van der Waals surface area contributed by atoms with Crippen LogP contribution in [0, 0.1) is 5.82 Å². The molecule has 1 N–H and O–H groups in total. The molecule has 1 aromatic carbocycles. The molecular formula is C17H25FN2O. The van der Waals surface area contributed by atoms with Gasteiger partial charge in [0.15, 0.2) is 0 Å². The van der Waals surface area contributed by atoms with Gasteiger partial charge in [-0.05, 0) is 45.5 Å². The van der Waals surface area contributed by atoms with Crippen LogP contribution in [0.25, 0.3) is 0 Å². The highest BCUT2D eigenvalue weighted by molar-refractivity contribution is 5.39. The van der Waals surface area contributed by atoms with E-state index < -0.39 is 0 Å². The molecule has 1 fully saturated rings. The zero-order valence-electron chi connectivity index (χ0n) is 13.0. The van der Waals surface area contributed by atoms with Crippen LogP contribution in [0.15, 0.2) is 18.2 Å². The molecule has 4 heteroatoms. The number of fused-ring (bicyclic) bond motifs is 1. The van der Waals surface area contributed by atoms with Crippen LogP contribution in [-0.4, -0.2) is 37.2 Å². The molecule has 2 unspecified atom stereocenters. The standard InChI is InChI=1S/C17H25FN2O/c1-3-8-19-15-11-17(7-4-9-20(2)12-17)21-16-10-13(18)5-6-14(15)16/h5-6,10,15,19H,3-4,7-9,11-12H2,1-2H3. The number of likely N-dealkylation sites (N-methyl/N-ethyl adjacent to an activating group) is 1. The fourth-order valence-corrected chi connectivity index (χ4v) is 3.71. The number of rotatable bonds is 3. The predicted molar refractivity (Wildman–Crippen MR) is 82.1 cm³/mol. The molecule has 0 aromatic heterocycles. The van der Waals surface area contributed by atoms with Crippen LogP contribution in [-0.2, 0) is 0 Å². The summed E-state index contributed by atoms with van der Waals surface area (Å²) in [5, 5.41) is 3.61. The lowest BCUT2D eigenvalue weighted by molar-refractivity contribution is -0.0272. The summed E-state index contributed by atoms with van der Waals surface area (Å²) in [6.07, 6.45) is 4.26. The van der Waals surface area contributed by atoms with Gasteiger partial charge in [0.1, 0.15) is 17.2 Å². The van der Waals surface area contributed by atoms with Gasteiger partial charge in [-0.3, -0.25) is 0 Å². The van der Waals surface area contributed by atoms with Crippen molar-refractivity contribution < 1.29 is 9.13 Å². The molecular weight excluding hydrogens is 267 g/mol. The quantitative estimate of drug-likeness (QED) is 0.926. The summed E-state index contributed by atoms with van der Waals surface area (Å²) in [6, 6.07) is 5.22. The average molecular weight is 292 g/mol. The summed E-state index contributed by atoms with van der Waals surface area (Å²) in [4.78, 5) is 2.32. The van der Waals surface area contributed by atoms with E-state index in [9.17, 15) is 4.39 Å². The number of benzene rings is 1. The van der Waals surface area contributed by atoms with Crippen molar-refractivity contribution in [1.29, 1.82) is 0 Å². The first-order chi connectivity index (χ1) is 10.1. The van der Waals surface area contributed by atoms with Gasteiger partial charge in [0.2, 0.25) is 0 Å². The molecule has 0 radical (unpaired) electrons. The fourth-order valence-electron chi connectivity index (χ4n) is 3.71. The molecule has 0 amide bonds. The molecule has 1 spiro atoms. The van der Waals surface area contributed by atoms with Crippen LogP contribution >= 0.6 is 0 Å². The minimum absolute atomic E-state index is 0.167. The Bertz CT molecular complexity index is 508. The van der Waals surface area contributed by atoms with Crippen molar-refractivity contribution in [2.24, 2.45) is 0 Å². The second-order valence-corrected chi connectivity index (χ2v) is 6.52. The molecule has 21 heavy (non-hydrogen) atoms. The summed E-state index contributed by atoms with van der Waals surface area (Å²) in [5.74, 6) is 0.509. The summed E-state index contributed by atoms with van der Waals surface area (Å²) >= 11 is 0. The summed E-state index contributed by atoms with van der Waals surface area (Å²) < 4.78 is 19.9. The lowest BCUT2D eigenvalue weighted by atomic mass is 9.81. The van der Waals surface area contributed by atoms with Gasteiger partial charge < -0.3 is 15.0 Å². The van der Waals surface area contributed by atoms with E-state index in [4.69, 9.17) is 4.74 Å². The van der Waals surface area contributed by atoms with E-state index in [0.717, 1.165) is 56.6 Å². The Morgan fingerprint density at radius 3 is 3.10 bits per heavy atom. The number of hydrogen-bond donors (Lipinski definition) is 1. The van der Waals surface area contributed by atoms with Crippen molar-refractivity contribution in [3.05, 3.63) is 29.6 Å². The van der Waals surface area contributed by atoms with E-state index in [0.29, 0.717) is 0 Å². The number of ether oxygens (including phenoxy) is 1. The van der Waals surface area contributed by atoms with Gasteiger partial charge >= 0.3 is 0 Å². The van der Waals surface area contributed by atoms with Gasteiger partial charge in [-0.25, -0.2) is 4.39 Å². The van der Waals surface area contributed by atoms with Gasteiger partial charge in [0, 0.05) is 30.6 Å². The van der Waals surface area contributed by atoms with Gasteiger partial charge in [0.05, 0.1) is 0 Å². The Kier molecular flexibility index (Phi) is 4.18. The number of piperidine rings is 1. The van der Waals surface area contributed by atoms with Crippen molar-refractivity contribution in [1.82, 2.24) is 10.2 Å². The molecule has 116 valence electrons. The van der Waals surface area contributed by atoms with Crippen LogP contribution in [0.3, 0.4) is 0 Å². The maximum atomic E-state index is 13.6. The van der Waals surface area contributed by atoms with Crippen LogP contribution in [0.2, 0.25) is 0 Å². The number of halogens is 1. The maximum Gasteiger partial charge on any atom is 0.127 e. The third-order valence-corrected chi connectivity index (χ3v) is 4.62. The fraction of sp³-hybridized carbons (Fsp3) is 0.647. The summed E-state index contributed by atoms with van der Waals surface area (Å²) in [6.45, 7) is 5.19. The minimum atomic E-state index is -0.218. The van der Waals surface area contributed by atoms with Crippen LogP contribution in [0.4, 0.5) is 4.39 Å². The first-order valence-electron chi connectivity index (χ1n) is 8.02. The van der Waals surface area contributed by atoms with Crippen LogP contribution < -0.4 is 10.1 Å². The van der Waals surface area contributed by atoms with Crippen LogP contribution in [0.1, 0.15) is 44.2 Å². The third-order valence-electron chi connectivity index (χ3n) is 4.62. The average Bonchev–Trinajstić information content (AvgIpc) is 2.44. The SMILES string of the molecule is CCCNC1CC2(CCCN(C)C2)Oc2cc(F)ccc21. The number of nitrogens with zero attached hydrogens (tertiary/aromatic N) is 1. The van der Waals surface area contributed by atoms with Gasteiger partial charge in [0.25, 0.3) is 0 Å². The zero-order valence-corrected chi connectivity index (χ0v) is 13.0. The second kappa shape index (κ2) is 5.93. The molecule has 2 atom stereocenters. The van der Waals surface area contributed by atoms with Gasteiger partial charge in [-0.1, -0.05) is 13.0 Å². The highest BCUT2D eigenvalue weighted by atomic mass is 19.1. The normalized spacial score (nSPS) is 29.2. The van der Waals surface area contributed by atoms with Crippen molar-refractivity contribution in [2.45, 2.75) is 44.2 Å². The number of likely N-dealkylation sites (tertiary alicyclic amines) is 1. The topological polar surface area (TPSA) is 24.5 Å². The van der Waals surface area contributed by atoms with E-state index in [-0.39, 0.29) is 17.5 Å². The highest BCUT2D eigenvalue weighted by Gasteiger charge is 2.43. The molecule has 0 bridgehead atoms. The minimum Gasteiger partial charge on any atom is -0.485 e. The van der Waals surface area contributed by atoms with E-state index in [1.54, 1.807) is 6.07 Å². The Hall–Kier alpha value is -1.13. The lowest BCUT2D eigenvalue weighted by Crippen LogP contribution is -2.54. The molecule has 3 nitrogen and oxygen atoms in total. The Morgan fingerprint density at radius 1 is 1.48 bits per heavy atom. The number of nitrogens with one attached hydrogen (secondary N) is 1. The lowest BCUT2D eigenvalue weighted by Gasteiger charge is -2.47. The Labute approximate surface area is 126 Å². The Morgan fingerprint density at radius 2 is 2.33 bits per heavy atom. The molecule has 0 saturated carbocycles. The molecule has 2 heterocycles. The van der Waals surface area contributed by atoms with Gasteiger partial charge in [-0.2, -0.15) is 0 Å². The third kappa shape index (κ3) is 3.06. The van der Waals surface area contributed by atoms with Crippen molar-refractivity contribution in [3.8, 4) is 5.75 Å². The van der Waals surface area contributed by atoms with Crippen LogP contribution in [0.5, 0.6) is 5.75 Å². The second-order valence-electron chi connectivity index (χ2n) is 6.52. The van der Waals surface area contributed by atoms with E-state index in [1.807, 2.05) is 6.07 Å². The predicted octanol–water partition coefficient (Wildman–Crippen LogP) is 3.11. The Balaban J connectivity index is 1.90. The first-order valence-corrected chi connectivity index (χ1v) is 8.02. The smallest absolute Gasteiger partial charge is 0.127 e. The molecule has 0 aliphatic carbocycles. The zero-order chi connectivity index (χ0) is 14.9. The molecule has 1 aromatic rings. The summed E-state index contributed by atoms with van der Waals surface area (Å²) in [5.41, 5.74) is 0.933. The first kappa shape index (κ1) is 14.8. The molecule has 3 rings (SSSR count). The maximum absolute atomic E-state index is 13.6. The van der Waals surface area contributed by atoms with E-state index in [1.165, 1.54) is 6.07 Å². The van der Waals surface area contributed by atoms with Crippen molar-refractivity contribution in [2.75, 3.05) is 26.7 Å². The van der Waals surface area contributed by atoms with Crippen molar-refractivity contribution >= 4 is 0 Å². The summed E-state index contributed by atoms with van der Waals surface area (Å²) in [7, 11) is 2.14. The monoisotopic (exact) mass is 292 g/mol. The highest BCUT2D eigenvalue weighted by Crippen LogP contribution is 2.43. The van der Waals surface area contributed by atoms with Gasteiger partial charge in [-0.15, -0.1) is 0 Å². The largest absolute Gasteiger partial charge is 0.485 e. The van der Waals surface area contributed by atoms with E-state index in [2.05, 4.69) is 24.2 Å². The van der Waals surface area contributed by atoms with E-state index >= 15 is 0 Å². The van der Waals surface area contributed by atoms with Crippen molar-refractivity contribution in [3.63, 3.8) is 0 Å². The molecule has 1 saturated heterocycles.